The number of amides is 8. The molecule has 0 aromatic carbocycles. The number of aromatic nitrogens is 16. The van der Waals surface area contributed by atoms with Gasteiger partial charge in [-0.2, -0.15) is 67.6 Å². The predicted molar refractivity (Wildman–Crippen MR) is 457 cm³/mol. The number of nitrogens with zero attached hydrogens (tertiary/aromatic N) is 16. The van der Waals surface area contributed by atoms with Crippen molar-refractivity contribution in [1.29, 1.82) is 0 Å². The molecule has 0 atom stereocenters. The van der Waals surface area contributed by atoms with Crippen LogP contribution in [0.5, 0.6) is 0 Å². The fourth-order valence-corrected chi connectivity index (χ4v) is 11.6. The fourth-order valence-electron chi connectivity index (χ4n) is 8.05. The number of hydrogen-bond acceptors (Lipinski definition) is 32. The van der Waals surface area contributed by atoms with Crippen molar-refractivity contribution >= 4 is 243 Å². The van der Waals surface area contributed by atoms with E-state index < -0.39 is 121 Å². The first-order chi connectivity index (χ1) is 62.4. The van der Waals surface area contributed by atoms with Crippen molar-refractivity contribution in [2.24, 2.45) is 0 Å². The number of nitrogens with one attached hydrogen (secondary N) is 8. The zero-order valence-electron chi connectivity index (χ0n) is 63.1. The second-order valence-electron chi connectivity index (χ2n) is 22.8. The largest absolute Gasteiger partial charge is 0.438 e. The van der Waals surface area contributed by atoms with Crippen LogP contribution in [0.4, 0.5) is 93.8 Å². The maximum Gasteiger partial charge on any atom is 0.336 e. The van der Waals surface area contributed by atoms with Crippen LogP contribution in [-0.4, -0.2) is 126 Å². The quantitative estimate of drug-likeness (QED) is 0.0329. The van der Waals surface area contributed by atoms with Gasteiger partial charge in [-0.25, -0.2) is 59.2 Å². The molecule has 16 aromatic rings. The van der Waals surface area contributed by atoms with E-state index in [0.29, 0.717) is 105 Å². The smallest absolute Gasteiger partial charge is 0.336 e. The Kier molecular flexibility index (Phi) is 38.4. The molecule has 0 spiro atoms. The highest BCUT2D eigenvalue weighted by atomic mass is 35.5. The maximum absolute atomic E-state index is 13.1. The van der Waals surface area contributed by atoms with Crippen molar-refractivity contribution in [2.45, 2.75) is 0 Å². The Morgan fingerprint density at radius 2 is 0.702 bits per heavy atom. The van der Waals surface area contributed by atoms with Crippen LogP contribution in [0.2, 0.25) is 41.2 Å². The van der Waals surface area contributed by atoms with Gasteiger partial charge in [0, 0.05) is 11.4 Å². The number of anilines is 8. The predicted octanol–water partition coefficient (Wildman–Crippen LogP) is 19.7. The van der Waals surface area contributed by atoms with Gasteiger partial charge in [0.1, 0.15) is 59.4 Å². The molecule has 131 heavy (non-hydrogen) atoms. The molecule has 16 rings (SSSR count). The number of rotatable bonds is 16. The number of hydrogen-bond donors (Lipinski definition) is 8. The van der Waals surface area contributed by atoms with Gasteiger partial charge < -0.3 is 55.8 Å². The molecule has 0 aliphatic rings. The van der Waals surface area contributed by atoms with Crippen LogP contribution in [0.15, 0.2) is 190 Å². The summed E-state index contributed by atoms with van der Waals surface area (Å²) in [7, 11) is 0. The Balaban J connectivity index is 0.000000169. The van der Waals surface area contributed by atoms with Crippen LogP contribution in [0.25, 0.3) is 0 Å². The van der Waals surface area contributed by atoms with Gasteiger partial charge in [-0.05, 0) is 120 Å². The molecule has 8 amide bonds. The minimum atomic E-state index is -1.54. The molecule has 0 saturated heterocycles. The topological polar surface area (TPSA) is 478 Å². The normalized spacial score (nSPS) is 10.2. The molecule has 0 radical (unpaired) electrons. The average molecular weight is 2070 g/mol. The van der Waals surface area contributed by atoms with E-state index in [1.165, 1.54) is 98.1 Å². The van der Waals surface area contributed by atoms with Gasteiger partial charge in [-0.3, -0.25) is 38.4 Å². The highest BCUT2D eigenvalue weighted by Gasteiger charge is 2.24. The molecular weight excluding hydrogens is 2030 g/mol. The minimum absolute atomic E-state index is 0.0393. The van der Waals surface area contributed by atoms with E-state index in [9.17, 15) is 86.7 Å². The van der Waals surface area contributed by atoms with Crippen LogP contribution >= 0.6 is 150 Å². The molecule has 8 N–H and O–H groups in total. The Morgan fingerprint density at radius 3 is 1.01 bits per heavy atom. The Hall–Kier alpha value is -13.7. The van der Waals surface area contributed by atoms with Crippen LogP contribution in [0.3, 0.4) is 0 Å². The standard InChI is InChI=1S/C9H4ClF2N3O2.2C9H4ClF2N3OS.2C9H5ClFN3O2.3C9H5ClFN3OS/c2*10-5-2-1-4(3-13-5)14-8(16)9-15-6(11)7(12)17-9;10-5-2-1-4(3-13-5)14-9(16)7-6(11)8(12)17-15-7;10-6-2-1-5(3-12-6)13-8(15)9-14-7(11)4-16-9;10-6-2-1-5(3-12-6)14-8(15)9-13-4-7(11)16-9;10-7-2-1-5(4-12-7)13-9(15)6-3-8(11)16-14-6;10-6-2-1-5(3-12-6)13-8(15)9-14-7(11)4-16-9;10-6-2-1-5(3-12-6)14-8(15)9-13-4-7(11)16-9/h3*1-3H,(H,14,16);1-4H,(H,13,15);1-4H,(H,14,15);2*1-4H,(H,13,15);1-4H,(H,14,15). The van der Waals surface area contributed by atoms with E-state index in [1.54, 1.807) is 48.5 Å². The van der Waals surface area contributed by atoms with Crippen molar-refractivity contribution in [3.8, 4) is 0 Å². The van der Waals surface area contributed by atoms with E-state index in [4.69, 9.17) is 92.8 Å². The van der Waals surface area contributed by atoms with Gasteiger partial charge >= 0.3 is 23.7 Å². The lowest BCUT2D eigenvalue weighted by molar-refractivity contribution is 0.0975. The number of thiazole rings is 3. The van der Waals surface area contributed by atoms with Gasteiger partial charge in [0.15, 0.2) is 31.0 Å². The molecular formula is C72H37Cl8F11N24O11S5. The van der Waals surface area contributed by atoms with Crippen molar-refractivity contribution in [3.63, 3.8) is 0 Å². The summed E-state index contributed by atoms with van der Waals surface area (Å²) >= 11 is 47.4. The lowest BCUT2D eigenvalue weighted by Gasteiger charge is -2.02. The third-order valence-electron chi connectivity index (χ3n) is 13.6. The van der Waals surface area contributed by atoms with E-state index in [2.05, 4.69) is 134 Å². The van der Waals surface area contributed by atoms with Gasteiger partial charge in [-0.15, -0.1) is 11.3 Å². The Morgan fingerprint density at radius 1 is 0.313 bits per heavy atom. The van der Waals surface area contributed by atoms with E-state index in [1.807, 2.05) is 0 Å². The number of halogens is 19. The maximum atomic E-state index is 13.1. The van der Waals surface area contributed by atoms with Gasteiger partial charge in [0.2, 0.25) is 22.0 Å². The first kappa shape index (κ1) is 101. The van der Waals surface area contributed by atoms with Crippen molar-refractivity contribution in [2.75, 3.05) is 42.5 Å². The number of carbonyl (C=O) groups is 8. The number of carbonyl (C=O) groups excluding carboxylic acids is 8. The Labute approximate surface area is 782 Å². The fraction of sp³-hybridized carbons (Fsp3) is 0. The average Bonchev–Trinajstić information content (AvgIpc) is 1.71. The summed E-state index contributed by atoms with van der Waals surface area (Å²) in [5.41, 5.74) is 2.67. The zero-order valence-corrected chi connectivity index (χ0v) is 73.2. The molecule has 0 aliphatic heterocycles. The van der Waals surface area contributed by atoms with Gasteiger partial charge in [0.05, 0.1) is 101 Å². The van der Waals surface area contributed by atoms with E-state index >= 15 is 0 Å². The summed E-state index contributed by atoms with van der Waals surface area (Å²) < 4.78 is 159. The molecule has 16 heterocycles. The summed E-state index contributed by atoms with van der Waals surface area (Å²) in [5, 5.41) is 19.5. The van der Waals surface area contributed by atoms with Gasteiger partial charge in [0.25, 0.3) is 71.1 Å². The molecule has 674 valence electrons. The van der Waals surface area contributed by atoms with E-state index in [-0.39, 0.29) is 59.5 Å². The monoisotopic (exact) mass is 2060 g/mol. The molecule has 0 saturated carbocycles. The molecule has 0 bridgehead atoms. The highest BCUT2D eigenvalue weighted by molar-refractivity contribution is 7.12. The number of pyridine rings is 8. The van der Waals surface area contributed by atoms with E-state index in [0.717, 1.165) is 41.4 Å². The second kappa shape index (κ2) is 49.7. The molecule has 59 heteroatoms. The SMILES string of the molecule is O=C(Nc1ccc(Cl)nc1)c1cc(F)sn1.O=C(Nc1ccc(Cl)nc1)c1nc(F)c(F)o1.O=C(Nc1ccc(Cl)nc1)c1nc(F)c(F)s1.O=C(Nc1ccc(Cl)nc1)c1nc(F)co1.O=C(Nc1ccc(Cl)nc1)c1nc(F)cs1.O=C(Nc1ccc(Cl)nc1)c1ncc(F)o1.O=C(Nc1ccc(Cl)nc1)c1ncc(F)s1.O=C(Nc1ccc(Cl)nc1)c1nsc(F)c1F. The van der Waals surface area contributed by atoms with Crippen molar-refractivity contribution < 1.29 is 99.9 Å². The summed E-state index contributed by atoms with van der Waals surface area (Å²) in [6, 6.07) is 22.9. The molecule has 16 aromatic heterocycles. The van der Waals surface area contributed by atoms with Crippen LogP contribution in [0.1, 0.15) is 82.4 Å². The summed E-state index contributed by atoms with van der Waals surface area (Å²) in [4.78, 5) is 142. The summed E-state index contributed by atoms with van der Waals surface area (Å²) in [6.07, 6.45) is 13.4. The summed E-state index contributed by atoms with van der Waals surface area (Å²) in [5.74, 6) is -12.1. The Bertz CT molecular complexity index is 5900. The van der Waals surface area contributed by atoms with Crippen LogP contribution < -0.4 is 42.5 Å². The second-order valence-corrected chi connectivity index (χ2v) is 30.1. The minimum Gasteiger partial charge on any atom is -0.438 e. The third-order valence-corrected chi connectivity index (χ3v) is 19.0. The molecule has 0 unspecified atom stereocenters. The van der Waals surface area contributed by atoms with Crippen molar-refractivity contribution in [1.82, 2.24) is 78.5 Å². The van der Waals surface area contributed by atoms with Gasteiger partial charge in [-0.1, -0.05) is 115 Å². The first-order valence-electron chi connectivity index (χ1n) is 33.9. The molecule has 0 aliphatic carbocycles. The van der Waals surface area contributed by atoms with Crippen LogP contribution in [0, 0.1) is 62.2 Å². The third kappa shape index (κ3) is 33.7. The lowest BCUT2D eigenvalue weighted by atomic mass is 10.3. The molecule has 35 nitrogen and oxygen atoms in total. The van der Waals surface area contributed by atoms with Crippen molar-refractivity contribution in [3.05, 3.63) is 324 Å². The lowest BCUT2D eigenvalue weighted by Crippen LogP contribution is -2.14. The zero-order chi connectivity index (χ0) is 95.0. The van der Waals surface area contributed by atoms with Crippen LogP contribution in [-0.2, 0) is 0 Å². The highest BCUT2D eigenvalue weighted by Crippen LogP contribution is 2.24. The number of oxazole rings is 3. The molecule has 0 fully saturated rings. The first-order valence-corrected chi connectivity index (χ1v) is 41.0. The summed E-state index contributed by atoms with van der Waals surface area (Å²) in [6.45, 7) is 0.